The molecule has 0 atom stereocenters. The maximum atomic E-state index is 12.8. The Morgan fingerprint density at radius 2 is 1.76 bits per heavy atom. The predicted octanol–water partition coefficient (Wildman–Crippen LogP) is 5.52. The Morgan fingerprint density at radius 1 is 1.10 bits per heavy atom. The van der Waals surface area contributed by atoms with Gasteiger partial charge in [-0.05, 0) is 100.0 Å². The van der Waals surface area contributed by atoms with E-state index in [1.807, 2.05) is 18.2 Å². The monoisotopic (exact) mass is 411 g/mol. The number of halogens is 1. The first-order chi connectivity index (χ1) is 13.9. The molecule has 2 N–H and O–H groups in total. The number of hydrogen-bond acceptors (Lipinski definition) is 1. The minimum Gasteiger partial charge on any atom is -0.334 e. The van der Waals surface area contributed by atoms with Gasteiger partial charge in [-0.15, -0.1) is 0 Å². The van der Waals surface area contributed by atoms with Gasteiger partial charge in [0, 0.05) is 34.2 Å². The summed E-state index contributed by atoms with van der Waals surface area (Å²) in [6.07, 6.45) is 7.69. The van der Waals surface area contributed by atoms with Crippen LogP contribution >= 0.6 is 11.6 Å². The van der Waals surface area contributed by atoms with Crippen molar-refractivity contribution in [2.75, 3.05) is 0 Å². The van der Waals surface area contributed by atoms with E-state index < -0.39 is 0 Å². The predicted molar refractivity (Wildman–Crippen MR) is 117 cm³/mol. The molecule has 0 unspecified atom stereocenters. The Hall–Kier alpha value is -1.94. The average molecular weight is 412 g/mol. The number of aryl methyl sites for hydroxylation is 1. The van der Waals surface area contributed by atoms with Gasteiger partial charge < -0.3 is 15.2 Å². The summed E-state index contributed by atoms with van der Waals surface area (Å²) in [5.74, 6) is 2.49. The van der Waals surface area contributed by atoms with Crippen molar-refractivity contribution in [3.8, 4) is 5.69 Å². The van der Waals surface area contributed by atoms with E-state index in [9.17, 15) is 4.79 Å². The zero-order chi connectivity index (χ0) is 20.2. The molecular formula is C24H30ClN3O. The number of carbonyl (C=O) groups excluding carboxylic acids is 1. The first-order valence-electron chi connectivity index (χ1n) is 10.9. The maximum absolute atomic E-state index is 12.8. The van der Waals surface area contributed by atoms with Crippen molar-refractivity contribution in [2.24, 2.45) is 17.8 Å². The second-order valence-electron chi connectivity index (χ2n) is 9.72. The van der Waals surface area contributed by atoms with Gasteiger partial charge in [0.15, 0.2) is 0 Å². The molecule has 0 spiro atoms. The summed E-state index contributed by atoms with van der Waals surface area (Å²) in [5.41, 5.74) is 4.53. The Labute approximate surface area is 178 Å². The molecule has 1 aromatic carbocycles. The summed E-state index contributed by atoms with van der Waals surface area (Å²) in [6, 6.07) is 10.0. The zero-order valence-electron chi connectivity index (χ0n) is 17.3. The van der Waals surface area contributed by atoms with E-state index in [2.05, 4.69) is 41.2 Å². The number of hydrogen-bond donors (Lipinski definition) is 2. The van der Waals surface area contributed by atoms with Gasteiger partial charge >= 0.3 is 6.03 Å². The molecule has 4 aliphatic rings. The van der Waals surface area contributed by atoms with Crippen LogP contribution in [0.2, 0.25) is 5.02 Å². The van der Waals surface area contributed by atoms with Crippen molar-refractivity contribution in [1.29, 1.82) is 0 Å². The minimum absolute atomic E-state index is 0.0143. The van der Waals surface area contributed by atoms with Crippen LogP contribution < -0.4 is 10.6 Å². The van der Waals surface area contributed by atoms with E-state index in [4.69, 9.17) is 11.6 Å². The smallest absolute Gasteiger partial charge is 0.315 e. The normalized spacial score (nSPS) is 29.8. The lowest BCUT2D eigenvalue weighted by molar-refractivity contribution is -0.0135. The Balaban J connectivity index is 1.26. The molecule has 4 saturated carbocycles. The van der Waals surface area contributed by atoms with E-state index in [-0.39, 0.29) is 11.6 Å². The topological polar surface area (TPSA) is 46.1 Å². The van der Waals surface area contributed by atoms with Crippen molar-refractivity contribution in [3.05, 3.63) is 52.3 Å². The van der Waals surface area contributed by atoms with Crippen LogP contribution in [0.1, 0.15) is 55.5 Å². The van der Waals surface area contributed by atoms with E-state index >= 15 is 0 Å². The van der Waals surface area contributed by atoms with Gasteiger partial charge in [0.05, 0.1) is 0 Å². The maximum Gasteiger partial charge on any atom is 0.315 e. The molecule has 0 aliphatic heterocycles. The van der Waals surface area contributed by atoms with Crippen LogP contribution in [-0.4, -0.2) is 16.1 Å². The number of nitrogens with one attached hydrogen (secondary N) is 2. The molecule has 2 amide bonds. The molecule has 0 saturated heterocycles. The third-order valence-corrected chi connectivity index (χ3v) is 7.69. The molecule has 2 aromatic rings. The first kappa shape index (κ1) is 19.0. The largest absolute Gasteiger partial charge is 0.334 e. The number of urea groups is 1. The fourth-order valence-corrected chi connectivity index (χ4v) is 6.93. The number of aromatic nitrogens is 1. The molecule has 4 fully saturated rings. The molecule has 5 heteroatoms. The third kappa shape index (κ3) is 3.56. The standard InChI is InChI=1S/C24H30ClN3O/c1-15-6-20(16(2)28(15)22-5-3-4-21(25)10-22)14-26-23(29)27-24-11-17-7-18(12-24)9-19(8-17)13-24/h3-6,10,17-19H,7-9,11-14H2,1-2H3,(H2,26,27,29). The van der Waals surface area contributed by atoms with E-state index in [1.54, 1.807) is 0 Å². The zero-order valence-corrected chi connectivity index (χ0v) is 18.1. The van der Waals surface area contributed by atoms with Crippen molar-refractivity contribution < 1.29 is 4.79 Å². The highest BCUT2D eigenvalue weighted by molar-refractivity contribution is 6.30. The molecule has 4 aliphatic carbocycles. The molecule has 29 heavy (non-hydrogen) atoms. The second-order valence-corrected chi connectivity index (χ2v) is 10.2. The van der Waals surface area contributed by atoms with Gasteiger partial charge in [-0.1, -0.05) is 17.7 Å². The quantitative estimate of drug-likeness (QED) is 0.684. The minimum atomic E-state index is -0.0143. The Kier molecular flexibility index (Phi) is 4.65. The molecule has 0 radical (unpaired) electrons. The fraction of sp³-hybridized carbons (Fsp3) is 0.542. The molecule has 6 rings (SSSR count). The van der Waals surface area contributed by atoms with Crippen molar-refractivity contribution in [1.82, 2.24) is 15.2 Å². The molecule has 4 bridgehead atoms. The fourth-order valence-electron chi connectivity index (χ4n) is 6.74. The molecular weight excluding hydrogens is 382 g/mol. The highest BCUT2D eigenvalue weighted by atomic mass is 35.5. The summed E-state index contributed by atoms with van der Waals surface area (Å²) >= 11 is 6.18. The number of benzene rings is 1. The van der Waals surface area contributed by atoms with Gasteiger partial charge in [0.2, 0.25) is 0 Å². The lowest BCUT2D eigenvalue weighted by Gasteiger charge is -2.56. The number of amides is 2. The van der Waals surface area contributed by atoms with Gasteiger partial charge in [0.25, 0.3) is 0 Å². The van der Waals surface area contributed by atoms with E-state index in [0.29, 0.717) is 6.54 Å². The summed E-state index contributed by atoms with van der Waals surface area (Å²) in [5, 5.41) is 7.26. The van der Waals surface area contributed by atoms with Crippen molar-refractivity contribution in [3.63, 3.8) is 0 Å². The Bertz CT molecular complexity index is 912. The lowest BCUT2D eigenvalue weighted by Crippen LogP contribution is -2.61. The highest BCUT2D eigenvalue weighted by Gasteiger charge is 2.51. The first-order valence-corrected chi connectivity index (χ1v) is 11.3. The van der Waals surface area contributed by atoms with Crippen LogP contribution in [-0.2, 0) is 6.54 Å². The summed E-state index contributed by atoms with van der Waals surface area (Å²) in [4.78, 5) is 12.8. The van der Waals surface area contributed by atoms with Crippen molar-refractivity contribution >= 4 is 17.6 Å². The second kappa shape index (κ2) is 7.09. The van der Waals surface area contributed by atoms with Gasteiger partial charge in [-0.3, -0.25) is 0 Å². The summed E-state index contributed by atoms with van der Waals surface area (Å²) in [6.45, 7) is 4.73. The number of nitrogens with zero attached hydrogens (tertiary/aromatic N) is 1. The van der Waals surface area contributed by atoms with Crippen LogP contribution in [0.25, 0.3) is 5.69 Å². The Morgan fingerprint density at radius 3 is 2.38 bits per heavy atom. The van der Waals surface area contributed by atoms with Crippen LogP contribution in [0.3, 0.4) is 0 Å². The molecule has 154 valence electrons. The van der Waals surface area contributed by atoms with E-state index in [0.717, 1.165) is 45.4 Å². The van der Waals surface area contributed by atoms with Crippen LogP contribution in [0.4, 0.5) is 4.79 Å². The van der Waals surface area contributed by atoms with Crippen molar-refractivity contribution in [2.45, 2.75) is 64.5 Å². The van der Waals surface area contributed by atoms with Gasteiger partial charge in [0.1, 0.15) is 0 Å². The van der Waals surface area contributed by atoms with Crippen LogP contribution in [0.15, 0.2) is 30.3 Å². The number of rotatable bonds is 4. The summed E-state index contributed by atoms with van der Waals surface area (Å²) in [7, 11) is 0. The molecule has 4 nitrogen and oxygen atoms in total. The third-order valence-electron chi connectivity index (χ3n) is 7.46. The van der Waals surface area contributed by atoms with Crippen LogP contribution in [0.5, 0.6) is 0 Å². The average Bonchev–Trinajstić information content (AvgIpc) is 2.92. The number of carbonyl (C=O) groups is 1. The van der Waals surface area contributed by atoms with Gasteiger partial charge in [-0.2, -0.15) is 0 Å². The molecule has 1 heterocycles. The highest BCUT2D eigenvalue weighted by Crippen LogP contribution is 2.55. The van der Waals surface area contributed by atoms with E-state index in [1.165, 1.54) is 38.5 Å². The van der Waals surface area contributed by atoms with Crippen LogP contribution in [0, 0.1) is 31.6 Å². The summed E-state index contributed by atoms with van der Waals surface area (Å²) < 4.78 is 2.19. The molecule has 1 aromatic heterocycles. The van der Waals surface area contributed by atoms with Gasteiger partial charge in [-0.25, -0.2) is 4.79 Å². The SMILES string of the molecule is Cc1cc(CNC(=O)NC23CC4CC(CC(C4)C2)C3)c(C)n1-c1cccc(Cl)c1. The lowest BCUT2D eigenvalue weighted by atomic mass is 9.53.